The van der Waals surface area contributed by atoms with Gasteiger partial charge in [0.15, 0.2) is 5.82 Å². The van der Waals surface area contributed by atoms with Crippen LogP contribution in [-0.2, 0) is 0 Å². The number of piperidine rings is 1. The van der Waals surface area contributed by atoms with E-state index in [1.807, 2.05) is 0 Å². The molecule has 0 amide bonds. The Balaban J connectivity index is 2.07. The molecule has 0 bridgehead atoms. The Morgan fingerprint density at radius 1 is 1.29 bits per heavy atom. The van der Waals surface area contributed by atoms with Gasteiger partial charge in [0.05, 0.1) is 6.20 Å². The third-order valence-electron chi connectivity index (χ3n) is 3.19. The molecule has 0 atom stereocenters. The molecule has 0 aliphatic carbocycles. The van der Waals surface area contributed by atoms with E-state index in [1.54, 1.807) is 6.20 Å². The molecule has 1 fully saturated rings. The van der Waals surface area contributed by atoms with Gasteiger partial charge in [-0.1, -0.05) is 11.6 Å². The first-order chi connectivity index (χ1) is 8.08. The first kappa shape index (κ1) is 12.9. The van der Waals surface area contributed by atoms with Gasteiger partial charge in [-0.3, -0.25) is 0 Å². The number of anilines is 1. The second-order valence-corrected chi connectivity index (χ2v) is 5.24. The maximum Gasteiger partial charge on any atom is 0.224 e. The number of halogens is 2. The predicted molar refractivity (Wildman–Crippen MR) is 71.0 cm³/mol. The van der Waals surface area contributed by atoms with Crippen molar-refractivity contribution in [2.75, 3.05) is 32.1 Å². The lowest BCUT2D eigenvalue weighted by molar-refractivity contribution is 0.249. The summed E-state index contributed by atoms with van der Waals surface area (Å²) >= 11 is 11.9. The van der Waals surface area contributed by atoms with Crippen LogP contribution in [0.3, 0.4) is 0 Å². The number of aromatic nitrogens is 2. The molecular formula is C11H16Cl2N4. The fourth-order valence-electron chi connectivity index (χ4n) is 2.15. The molecule has 1 aromatic rings. The Labute approximate surface area is 112 Å². The van der Waals surface area contributed by atoms with Crippen molar-refractivity contribution >= 4 is 29.0 Å². The van der Waals surface area contributed by atoms with E-state index in [4.69, 9.17) is 23.2 Å². The zero-order valence-corrected chi connectivity index (χ0v) is 11.5. The van der Waals surface area contributed by atoms with E-state index in [-0.39, 0.29) is 5.28 Å². The molecule has 0 unspecified atom stereocenters. The third kappa shape index (κ3) is 3.00. The highest BCUT2D eigenvalue weighted by atomic mass is 35.5. The van der Waals surface area contributed by atoms with Crippen molar-refractivity contribution in [3.05, 3.63) is 16.5 Å². The van der Waals surface area contributed by atoms with Gasteiger partial charge >= 0.3 is 0 Å². The minimum atomic E-state index is 0.249. The maximum atomic E-state index is 6.09. The van der Waals surface area contributed by atoms with E-state index >= 15 is 0 Å². The molecule has 0 saturated carbocycles. The molecular weight excluding hydrogens is 259 g/mol. The highest BCUT2D eigenvalue weighted by molar-refractivity contribution is 6.33. The van der Waals surface area contributed by atoms with Crippen molar-refractivity contribution in [1.82, 2.24) is 14.9 Å². The molecule has 2 rings (SSSR count). The zero-order valence-electron chi connectivity index (χ0n) is 10.0. The summed E-state index contributed by atoms with van der Waals surface area (Å²) in [5.41, 5.74) is 0. The van der Waals surface area contributed by atoms with E-state index in [9.17, 15) is 0 Å². The normalized spacial score (nSPS) is 17.8. The highest BCUT2D eigenvalue weighted by Gasteiger charge is 2.23. The Kier molecular flexibility index (Phi) is 4.07. The Morgan fingerprint density at radius 2 is 1.94 bits per heavy atom. The molecule has 1 aliphatic heterocycles. The Morgan fingerprint density at radius 3 is 2.53 bits per heavy atom. The minimum Gasteiger partial charge on any atom is -0.355 e. The molecule has 0 aromatic carbocycles. The summed E-state index contributed by atoms with van der Waals surface area (Å²) in [5, 5.41) is 0.817. The average molecular weight is 275 g/mol. The van der Waals surface area contributed by atoms with E-state index in [1.165, 1.54) is 0 Å². The SMILES string of the molecule is CN(C)C1CCN(c2nc(Cl)ncc2Cl)CC1. The lowest BCUT2D eigenvalue weighted by Crippen LogP contribution is -2.42. The molecule has 1 aromatic heterocycles. The largest absolute Gasteiger partial charge is 0.355 e. The summed E-state index contributed by atoms with van der Waals surface area (Å²) in [7, 11) is 4.24. The quantitative estimate of drug-likeness (QED) is 0.775. The Hall–Kier alpha value is -0.580. The number of hydrogen-bond acceptors (Lipinski definition) is 4. The van der Waals surface area contributed by atoms with Crippen molar-refractivity contribution in [2.24, 2.45) is 0 Å². The summed E-state index contributed by atoms with van der Waals surface area (Å²) in [6.07, 6.45) is 3.79. The van der Waals surface area contributed by atoms with Crippen LogP contribution >= 0.6 is 23.2 Å². The van der Waals surface area contributed by atoms with Gasteiger partial charge in [0.25, 0.3) is 0 Å². The molecule has 0 N–H and O–H groups in total. The van der Waals surface area contributed by atoms with Crippen LogP contribution in [0.25, 0.3) is 0 Å². The molecule has 94 valence electrons. The van der Waals surface area contributed by atoms with Crippen LogP contribution in [-0.4, -0.2) is 48.1 Å². The summed E-state index contributed by atoms with van der Waals surface area (Å²) < 4.78 is 0. The first-order valence-corrected chi connectivity index (χ1v) is 6.43. The van der Waals surface area contributed by atoms with Crippen molar-refractivity contribution in [1.29, 1.82) is 0 Å². The number of rotatable bonds is 2. The molecule has 0 radical (unpaired) electrons. The van der Waals surface area contributed by atoms with Crippen LogP contribution < -0.4 is 4.90 Å². The van der Waals surface area contributed by atoms with Gasteiger partial charge in [-0.15, -0.1) is 0 Å². The van der Waals surface area contributed by atoms with Gasteiger partial charge in [0.1, 0.15) is 5.02 Å². The van der Waals surface area contributed by atoms with Crippen LogP contribution in [0.5, 0.6) is 0 Å². The molecule has 17 heavy (non-hydrogen) atoms. The fraction of sp³-hybridized carbons (Fsp3) is 0.636. The summed E-state index contributed by atoms with van der Waals surface area (Å²) in [6, 6.07) is 0.641. The lowest BCUT2D eigenvalue weighted by Gasteiger charge is -2.36. The van der Waals surface area contributed by atoms with Crippen molar-refractivity contribution < 1.29 is 0 Å². The van der Waals surface area contributed by atoms with E-state index < -0.39 is 0 Å². The minimum absolute atomic E-state index is 0.249. The molecule has 0 spiro atoms. The van der Waals surface area contributed by atoms with E-state index in [2.05, 4.69) is 33.9 Å². The number of nitrogens with zero attached hydrogens (tertiary/aromatic N) is 4. The van der Waals surface area contributed by atoms with Crippen LogP contribution in [0.4, 0.5) is 5.82 Å². The Bertz CT molecular complexity index is 389. The van der Waals surface area contributed by atoms with Gasteiger partial charge < -0.3 is 9.80 Å². The summed E-state index contributed by atoms with van der Waals surface area (Å²) in [5.74, 6) is 0.754. The van der Waals surface area contributed by atoms with Crippen molar-refractivity contribution in [3.63, 3.8) is 0 Å². The predicted octanol–water partition coefficient (Wildman–Crippen LogP) is 2.31. The molecule has 1 saturated heterocycles. The number of hydrogen-bond donors (Lipinski definition) is 0. The average Bonchev–Trinajstić information content (AvgIpc) is 2.32. The van der Waals surface area contributed by atoms with Crippen LogP contribution in [0, 0.1) is 0 Å². The zero-order chi connectivity index (χ0) is 12.4. The molecule has 1 aliphatic rings. The van der Waals surface area contributed by atoms with E-state index in [0.717, 1.165) is 31.7 Å². The van der Waals surface area contributed by atoms with E-state index in [0.29, 0.717) is 11.1 Å². The molecule has 2 heterocycles. The fourth-order valence-corrected chi connectivity index (χ4v) is 2.49. The molecule has 6 heteroatoms. The van der Waals surface area contributed by atoms with Crippen molar-refractivity contribution in [3.8, 4) is 0 Å². The second kappa shape index (κ2) is 5.38. The highest BCUT2D eigenvalue weighted by Crippen LogP contribution is 2.27. The smallest absolute Gasteiger partial charge is 0.224 e. The van der Waals surface area contributed by atoms with Crippen molar-refractivity contribution in [2.45, 2.75) is 18.9 Å². The second-order valence-electron chi connectivity index (χ2n) is 4.49. The van der Waals surface area contributed by atoms with Gasteiger partial charge in [0.2, 0.25) is 5.28 Å². The summed E-state index contributed by atoms with van der Waals surface area (Å²) in [4.78, 5) is 12.5. The van der Waals surface area contributed by atoms with Gasteiger partial charge in [0, 0.05) is 19.1 Å². The van der Waals surface area contributed by atoms with Gasteiger partial charge in [-0.2, -0.15) is 4.98 Å². The standard InChI is InChI=1S/C11H16Cl2N4/c1-16(2)8-3-5-17(6-4-8)10-9(12)7-14-11(13)15-10/h7-8H,3-6H2,1-2H3. The van der Waals surface area contributed by atoms with Crippen LogP contribution in [0.15, 0.2) is 6.20 Å². The lowest BCUT2D eigenvalue weighted by atomic mass is 10.0. The first-order valence-electron chi connectivity index (χ1n) is 5.67. The van der Waals surface area contributed by atoms with Crippen LogP contribution in [0.2, 0.25) is 10.3 Å². The van der Waals surface area contributed by atoms with Gasteiger partial charge in [-0.25, -0.2) is 4.98 Å². The summed E-state index contributed by atoms with van der Waals surface area (Å²) in [6.45, 7) is 1.91. The van der Waals surface area contributed by atoms with Crippen LogP contribution in [0.1, 0.15) is 12.8 Å². The maximum absolute atomic E-state index is 6.09. The monoisotopic (exact) mass is 274 g/mol. The topological polar surface area (TPSA) is 32.3 Å². The molecule has 4 nitrogen and oxygen atoms in total. The third-order valence-corrected chi connectivity index (χ3v) is 3.64. The van der Waals surface area contributed by atoms with Gasteiger partial charge in [-0.05, 0) is 38.5 Å².